The van der Waals surface area contributed by atoms with Gasteiger partial charge in [0, 0.05) is 13.1 Å². The van der Waals surface area contributed by atoms with Crippen LogP contribution in [0.4, 0.5) is 17.5 Å². The summed E-state index contributed by atoms with van der Waals surface area (Å²) in [6, 6.07) is 0. The maximum atomic E-state index is 5.49. The molecular formula is C7H11N5O. The fourth-order valence-corrected chi connectivity index (χ4v) is 1.26. The Morgan fingerprint density at radius 2 is 2.08 bits per heavy atom. The lowest BCUT2D eigenvalue weighted by molar-refractivity contribution is 0.399. The van der Waals surface area contributed by atoms with Crippen molar-refractivity contribution in [1.82, 2.24) is 9.97 Å². The molecule has 6 nitrogen and oxygen atoms in total. The van der Waals surface area contributed by atoms with E-state index in [2.05, 4.69) is 20.6 Å². The molecule has 0 atom stereocenters. The van der Waals surface area contributed by atoms with Crippen LogP contribution in [0.2, 0.25) is 0 Å². The molecule has 0 radical (unpaired) electrons. The second-order valence-electron chi connectivity index (χ2n) is 2.67. The van der Waals surface area contributed by atoms with Gasteiger partial charge >= 0.3 is 0 Å². The molecule has 2 heterocycles. The quantitative estimate of drug-likeness (QED) is 0.561. The van der Waals surface area contributed by atoms with Gasteiger partial charge in [0.1, 0.15) is 5.69 Å². The van der Waals surface area contributed by atoms with Gasteiger partial charge in [-0.3, -0.25) is 0 Å². The van der Waals surface area contributed by atoms with Crippen LogP contribution in [0.15, 0.2) is 0 Å². The predicted molar refractivity (Wildman–Crippen MR) is 50.0 cm³/mol. The molecule has 0 spiro atoms. The molecule has 70 valence electrons. The van der Waals surface area contributed by atoms with Crippen molar-refractivity contribution < 1.29 is 4.74 Å². The molecule has 1 aliphatic heterocycles. The Balaban J connectivity index is 2.50. The van der Waals surface area contributed by atoms with E-state index in [0.29, 0.717) is 11.7 Å². The van der Waals surface area contributed by atoms with Crippen LogP contribution in [0, 0.1) is 0 Å². The highest BCUT2D eigenvalue weighted by Crippen LogP contribution is 2.31. The first kappa shape index (κ1) is 7.90. The minimum Gasteiger partial charge on any atom is -0.479 e. The van der Waals surface area contributed by atoms with Gasteiger partial charge in [0.05, 0.1) is 7.11 Å². The van der Waals surface area contributed by atoms with Crippen LogP contribution in [0.5, 0.6) is 5.88 Å². The van der Waals surface area contributed by atoms with E-state index >= 15 is 0 Å². The molecule has 4 N–H and O–H groups in total. The highest BCUT2D eigenvalue weighted by Gasteiger charge is 2.16. The zero-order valence-corrected chi connectivity index (χ0v) is 7.29. The zero-order chi connectivity index (χ0) is 9.26. The Hall–Kier alpha value is -1.72. The van der Waals surface area contributed by atoms with E-state index < -0.39 is 0 Å². The average Bonchev–Trinajstić information content (AvgIpc) is 2.16. The smallest absolute Gasteiger partial charge is 0.244 e. The third-order valence-corrected chi connectivity index (χ3v) is 1.81. The molecule has 0 unspecified atom stereocenters. The minimum absolute atomic E-state index is 0.215. The summed E-state index contributed by atoms with van der Waals surface area (Å²) in [7, 11) is 1.55. The monoisotopic (exact) mass is 181 g/mol. The van der Waals surface area contributed by atoms with E-state index in [1.807, 2.05) is 0 Å². The molecule has 0 amide bonds. The fourth-order valence-electron chi connectivity index (χ4n) is 1.26. The molecule has 0 saturated carbocycles. The second-order valence-corrected chi connectivity index (χ2v) is 2.67. The third-order valence-electron chi connectivity index (χ3n) is 1.81. The van der Waals surface area contributed by atoms with Gasteiger partial charge in [-0.25, -0.2) is 0 Å². The summed E-state index contributed by atoms with van der Waals surface area (Å²) in [6.45, 7) is 1.66. The maximum absolute atomic E-state index is 5.49. The number of anilines is 3. The zero-order valence-electron chi connectivity index (χ0n) is 7.29. The largest absolute Gasteiger partial charge is 0.479 e. The topological polar surface area (TPSA) is 85.1 Å². The standard InChI is InChI=1S/C7H11N5O/c1-13-6-4-5(10-3-2-9-4)11-7(8)12-6/h9H,2-3H2,1H3,(H3,8,10,11,12). The van der Waals surface area contributed by atoms with Crippen molar-refractivity contribution in [3.8, 4) is 5.88 Å². The average molecular weight is 181 g/mol. The summed E-state index contributed by atoms with van der Waals surface area (Å²) < 4.78 is 5.06. The van der Waals surface area contributed by atoms with Crippen molar-refractivity contribution in [3.05, 3.63) is 0 Å². The van der Waals surface area contributed by atoms with Crippen molar-refractivity contribution in [3.63, 3.8) is 0 Å². The van der Waals surface area contributed by atoms with Gasteiger partial charge in [-0.05, 0) is 0 Å². The summed E-state index contributed by atoms with van der Waals surface area (Å²) in [5, 5.41) is 6.25. The van der Waals surface area contributed by atoms with Gasteiger partial charge in [0.15, 0.2) is 5.82 Å². The van der Waals surface area contributed by atoms with Gasteiger partial charge < -0.3 is 21.1 Å². The van der Waals surface area contributed by atoms with E-state index in [4.69, 9.17) is 10.5 Å². The molecule has 6 heteroatoms. The molecule has 0 aliphatic carbocycles. The van der Waals surface area contributed by atoms with Gasteiger partial charge in [0.2, 0.25) is 11.8 Å². The van der Waals surface area contributed by atoms with Crippen LogP contribution in [-0.2, 0) is 0 Å². The third kappa shape index (κ3) is 1.30. The number of hydrogen-bond acceptors (Lipinski definition) is 6. The molecule has 1 aromatic rings. The van der Waals surface area contributed by atoms with Crippen LogP contribution in [0.1, 0.15) is 0 Å². The Morgan fingerprint density at radius 3 is 2.85 bits per heavy atom. The maximum Gasteiger partial charge on any atom is 0.244 e. The molecular weight excluding hydrogens is 170 g/mol. The molecule has 1 aromatic heterocycles. The molecule has 1 aliphatic rings. The number of aromatic nitrogens is 2. The van der Waals surface area contributed by atoms with Crippen LogP contribution in [0.3, 0.4) is 0 Å². The van der Waals surface area contributed by atoms with E-state index in [1.54, 1.807) is 7.11 Å². The Bertz CT molecular complexity index is 310. The summed E-state index contributed by atoms with van der Waals surface area (Å²) in [6.07, 6.45) is 0. The number of rotatable bonds is 1. The van der Waals surface area contributed by atoms with E-state index in [0.717, 1.165) is 18.8 Å². The molecule has 0 saturated heterocycles. The highest BCUT2D eigenvalue weighted by molar-refractivity contribution is 5.72. The van der Waals surface area contributed by atoms with Gasteiger partial charge in [-0.1, -0.05) is 0 Å². The predicted octanol–water partition coefficient (Wildman–Crippen LogP) is -0.0952. The molecule has 0 fully saturated rings. The number of hydrogen-bond donors (Lipinski definition) is 3. The van der Waals surface area contributed by atoms with E-state index in [1.165, 1.54) is 0 Å². The summed E-state index contributed by atoms with van der Waals surface area (Å²) in [4.78, 5) is 7.98. The lowest BCUT2D eigenvalue weighted by Gasteiger charge is -2.20. The van der Waals surface area contributed by atoms with E-state index in [9.17, 15) is 0 Å². The Kier molecular flexibility index (Phi) is 1.80. The lowest BCUT2D eigenvalue weighted by atomic mass is 10.3. The number of nitrogens with one attached hydrogen (secondary N) is 2. The highest BCUT2D eigenvalue weighted by atomic mass is 16.5. The molecule has 0 bridgehead atoms. The number of nitrogens with two attached hydrogens (primary N) is 1. The van der Waals surface area contributed by atoms with Crippen LogP contribution < -0.4 is 21.1 Å². The number of ether oxygens (including phenoxy) is 1. The number of methoxy groups -OCH3 is 1. The molecule has 13 heavy (non-hydrogen) atoms. The normalized spacial score (nSPS) is 13.9. The Morgan fingerprint density at radius 1 is 1.31 bits per heavy atom. The molecule has 2 rings (SSSR count). The second kappa shape index (κ2) is 2.96. The summed E-state index contributed by atoms with van der Waals surface area (Å²) in [5.74, 6) is 1.40. The van der Waals surface area contributed by atoms with Crippen molar-refractivity contribution >= 4 is 17.5 Å². The van der Waals surface area contributed by atoms with Crippen molar-refractivity contribution in [2.45, 2.75) is 0 Å². The fraction of sp³-hybridized carbons (Fsp3) is 0.429. The lowest BCUT2D eigenvalue weighted by Crippen LogP contribution is -2.23. The van der Waals surface area contributed by atoms with Gasteiger partial charge in [-0.15, -0.1) is 0 Å². The first-order valence-electron chi connectivity index (χ1n) is 4.00. The van der Waals surface area contributed by atoms with Crippen LogP contribution in [0.25, 0.3) is 0 Å². The summed E-state index contributed by atoms with van der Waals surface area (Å²) in [5.41, 5.74) is 6.27. The van der Waals surface area contributed by atoms with Crippen molar-refractivity contribution in [2.75, 3.05) is 36.6 Å². The van der Waals surface area contributed by atoms with E-state index in [-0.39, 0.29) is 5.95 Å². The number of fused-ring (bicyclic) bond motifs is 1. The van der Waals surface area contributed by atoms with Crippen molar-refractivity contribution in [2.24, 2.45) is 0 Å². The summed E-state index contributed by atoms with van der Waals surface area (Å²) >= 11 is 0. The number of nitrogen functional groups attached to an aromatic ring is 1. The molecule has 0 aromatic carbocycles. The van der Waals surface area contributed by atoms with Gasteiger partial charge in [-0.2, -0.15) is 9.97 Å². The first-order valence-corrected chi connectivity index (χ1v) is 4.00. The van der Waals surface area contributed by atoms with Crippen LogP contribution >= 0.6 is 0 Å². The minimum atomic E-state index is 0.215. The Labute approximate surface area is 75.5 Å². The SMILES string of the molecule is COc1nc(N)nc2c1NCCN2. The van der Waals surface area contributed by atoms with Gasteiger partial charge in [0.25, 0.3) is 0 Å². The van der Waals surface area contributed by atoms with Crippen LogP contribution in [-0.4, -0.2) is 30.2 Å². The number of nitrogens with zero attached hydrogens (tertiary/aromatic N) is 2. The first-order chi connectivity index (χ1) is 6.31. The van der Waals surface area contributed by atoms with Crippen molar-refractivity contribution in [1.29, 1.82) is 0 Å².